The quantitative estimate of drug-likeness (QED) is 0.614. The minimum absolute atomic E-state index is 0.257. The first-order valence-corrected chi connectivity index (χ1v) is 5.26. The molecule has 0 saturated heterocycles. The summed E-state index contributed by atoms with van der Waals surface area (Å²) < 4.78 is 0. The second-order valence-corrected chi connectivity index (χ2v) is 4.10. The van der Waals surface area contributed by atoms with Gasteiger partial charge in [-0.2, -0.15) is 11.8 Å². The van der Waals surface area contributed by atoms with Crippen LogP contribution >= 0.6 is 11.8 Å². The molecule has 0 bridgehead atoms. The Hall–Kier alpha value is 0.270. The van der Waals surface area contributed by atoms with E-state index in [1.807, 2.05) is 18.7 Å². The van der Waals surface area contributed by atoms with Crippen LogP contribution in [-0.4, -0.2) is 47.8 Å². The van der Waals surface area contributed by atoms with Crippen molar-refractivity contribution in [2.45, 2.75) is 19.9 Å². The van der Waals surface area contributed by atoms with Gasteiger partial charge < -0.3 is 10.0 Å². The molecule has 0 aliphatic carbocycles. The SMILES string of the molecule is CCSCCN(C)[C@H](C)CO. The van der Waals surface area contributed by atoms with Gasteiger partial charge in [-0.1, -0.05) is 6.92 Å². The smallest absolute Gasteiger partial charge is 0.0584 e. The highest BCUT2D eigenvalue weighted by atomic mass is 32.2. The fourth-order valence-electron chi connectivity index (χ4n) is 0.713. The highest BCUT2D eigenvalue weighted by molar-refractivity contribution is 7.99. The number of likely N-dealkylation sites (N-methyl/N-ethyl adjacent to an activating group) is 1. The molecule has 0 amide bonds. The first-order valence-electron chi connectivity index (χ1n) is 4.11. The van der Waals surface area contributed by atoms with Crippen molar-refractivity contribution in [1.29, 1.82) is 0 Å². The Morgan fingerprint density at radius 2 is 2.18 bits per heavy atom. The van der Waals surface area contributed by atoms with Crippen LogP contribution in [0.25, 0.3) is 0 Å². The molecular formula is C8H19NOS. The van der Waals surface area contributed by atoms with Crippen molar-refractivity contribution < 1.29 is 5.11 Å². The van der Waals surface area contributed by atoms with Crippen molar-refractivity contribution in [3.63, 3.8) is 0 Å². The van der Waals surface area contributed by atoms with Crippen LogP contribution in [0.2, 0.25) is 0 Å². The molecule has 0 unspecified atom stereocenters. The lowest BCUT2D eigenvalue weighted by Crippen LogP contribution is -2.33. The van der Waals surface area contributed by atoms with E-state index in [2.05, 4.69) is 18.9 Å². The van der Waals surface area contributed by atoms with Gasteiger partial charge in [-0.25, -0.2) is 0 Å². The van der Waals surface area contributed by atoms with E-state index >= 15 is 0 Å². The van der Waals surface area contributed by atoms with Gasteiger partial charge >= 0.3 is 0 Å². The van der Waals surface area contributed by atoms with Crippen molar-refractivity contribution in [3.05, 3.63) is 0 Å². The lowest BCUT2D eigenvalue weighted by Gasteiger charge is -2.22. The van der Waals surface area contributed by atoms with Gasteiger partial charge in [-0.15, -0.1) is 0 Å². The van der Waals surface area contributed by atoms with Crippen molar-refractivity contribution in [1.82, 2.24) is 4.90 Å². The number of thioether (sulfide) groups is 1. The van der Waals surface area contributed by atoms with Gasteiger partial charge in [0.2, 0.25) is 0 Å². The van der Waals surface area contributed by atoms with Crippen LogP contribution in [0.3, 0.4) is 0 Å². The summed E-state index contributed by atoms with van der Waals surface area (Å²) in [6.45, 7) is 5.53. The van der Waals surface area contributed by atoms with Gasteiger partial charge in [-0.05, 0) is 19.7 Å². The summed E-state index contributed by atoms with van der Waals surface area (Å²) in [6.07, 6.45) is 0. The lowest BCUT2D eigenvalue weighted by atomic mass is 10.3. The van der Waals surface area contributed by atoms with E-state index in [-0.39, 0.29) is 6.61 Å². The molecule has 0 radical (unpaired) electrons. The summed E-state index contributed by atoms with van der Waals surface area (Å²) >= 11 is 1.94. The van der Waals surface area contributed by atoms with E-state index in [4.69, 9.17) is 5.11 Å². The minimum atomic E-state index is 0.257. The zero-order chi connectivity index (χ0) is 8.69. The molecule has 1 atom stereocenters. The molecule has 0 aromatic heterocycles. The number of aliphatic hydroxyl groups is 1. The number of rotatable bonds is 6. The fourth-order valence-corrected chi connectivity index (χ4v) is 1.42. The topological polar surface area (TPSA) is 23.5 Å². The summed E-state index contributed by atoms with van der Waals surface area (Å²) in [5.41, 5.74) is 0. The molecule has 2 nitrogen and oxygen atoms in total. The van der Waals surface area contributed by atoms with Gasteiger partial charge in [0.05, 0.1) is 6.61 Å². The Morgan fingerprint density at radius 3 is 2.64 bits per heavy atom. The molecule has 1 N–H and O–H groups in total. The maximum atomic E-state index is 8.81. The Balaban J connectivity index is 3.28. The van der Waals surface area contributed by atoms with Crippen molar-refractivity contribution in [3.8, 4) is 0 Å². The predicted molar refractivity (Wildman–Crippen MR) is 52.2 cm³/mol. The summed E-state index contributed by atoms with van der Waals surface area (Å²) in [5, 5.41) is 8.81. The van der Waals surface area contributed by atoms with Crippen LogP contribution in [-0.2, 0) is 0 Å². The van der Waals surface area contributed by atoms with Crippen LogP contribution in [0.4, 0.5) is 0 Å². The molecule has 0 aromatic carbocycles. The zero-order valence-electron chi connectivity index (χ0n) is 7.71. The van der Waals surface area contributed by atoms with Gasteiger partial charge in [0, 0.05) is 18.3 Å². The van der Waals surface area contributed by atoms with E-state index < -0.39 is 0 Å². The van der Waals surface area contributed by atoms with Crippen LogP contribution in [0.1, 0.15) is 13.8 Å². The molecule has 68 valence electrons. The monoisotopic (exact) mass is 177 g/mol. The Morgan fingerprint density at radius 1 is 1.55 bits per heavy atom. The van der Waals surface area contributed by atoms with E-state index in [1.165, 1.54) is 5.75 Å². The molecular weight excluding hydrogens is 158 g/mol. The molecule has 11 heavy (non-hydrogen) atoms. The van der Waals surface area contributed by atoms with Crippen LogP contribution in [0.5, 0.6) is 0 Å². The first-order chi connectivity index (χ1) is 5.22. The summed E-state index contributed by atoms with van der Waals surface area (Å²) in [6, 6.07) is 0.299. The van der Waals surface area contributed by atoms with Gasteiger partial charge in [0.25, 0.3) is 0 Å². The fraction of sp³-hybridized carbons (Fsp3) is 1.00. The highest BCUT2D eigenvalue weighted by Gasteiger charge is 2.05. The second-order valence-electron chi connectivity index (χ2n) is 2.71. The molecule has 0 rings (SSSR count). The summed E-state index contributed by atoms with van der Waals surface area (Å²) in [5.74, 6) is 2.35. The van der Waals surface area contributed by atoms with Crippen LogP contribution in [0.15, 0.2) is 0 Å². The molecule has 0 fully saturated rings. The molecule has 0 heterocycles. The normalized spacial score (nSPS) is 13.9. The third-order valence-electron chi connectivity index (χ3n) is 1.81. The van der Waals surface area contributed by atoms with Crippen molar-refractivity contribution >= 4 is 11.8 Å². The van der Waals surface area contributed by atoms with Crippen molar-refractivity contribution in [2.24, 2.45) is 0 Å². The van der Waals surface area contributed by atoms with E-state index in [1.54, 1.807) is 0 Å². The first kappa shape index (κ1) is 11.3. The lowest BCUT2D eigenvalue weighted by molar-refractivity contribution is 0.165. The number of nitrogens with zero attached hydrogens (tertiary/aromatic N) is 1. The van der Waals surface area contributed by atoms with Crippen LogP contribution < -0.4 is 0 Å². The summed E-state index contributed by atoms with van der Waals surface area (Å²) in [4.78, 5) is 2.18. The second kappa shape index (κ2) is 6.95. The Labute approximate surface area is 74.0 Å². The molecule has 0 spiro atoms. The van der Waals surface area contributed by atoms with Crippen molar-refractivity contribution in [2.75, 3.05) is 31.7 Å². The minimum Gasteiger partial charge on any atom is -0.395 e. The van der Waals surface area contributed by atoms with Gasteiger partial charge in [0.1, 0.15) is 0 Å². The molecule has 3 heteroatoms. The predicted octanol–water partition coefficient (Wildman–Crippen LogP) is 1.05. The van der Waals surface area contributed by atoms with E-state index in [0.717, 1.165) is 12.3 Å². The average Bonchev–Trinajstić information content (AvgIpc) is 2.03. The molecule has 0 saturated carbocycles. The maximum absolute atomic E-state index is 8.81. The molecule has 0 aliphatic heterocycles. The Kier molecular flexibility index (Phi) is 7.12. The Bertz CT molecular complexity index is 90.2. The van der Waals surface area contributed by atoms with Crippen LogP contribution in [0, 0.1) is 0 Å². The van der Waals surface area contributed by atoms with Gasteiger partial charge in [-0.3, -0.25) is 0 Å². The standard InChI is InChI=1S/C8H19NOS/c1-4-11-6-5-9(3)8(2)7-10/h8,10H,4-7H2,1-3H3/t8-/m1/s1. The van der Waals surface area contributed by atoms with E-state index in [9.17, 15) is 0 Å². The molecule has 0 aromatic rings. The number of hydrogen-bond donors (Lipinski definition) is 1. The third-order valence-corrected chi connectivity index (χ3v) is 2.69. The average molecular weight is 177 g/mol. The van der Waals surface area contributed by atoms with E-state index in [0.29, 0.717) is 6.04 Å². The number of aliphatic hydroxyl groups excluding tert-OH is 1. The maximum Gasteiger partial charge on any atom is 0.0584 e. The highest BCUT2D eigenvalue weighted by Crippen LogP contribution is 2.00. The van der Waals surface area contributed by atoms with Gasteiger partial charge in [0.15, 0.2) is 0 Å². The summed E-state index contributed by atoms with van der Waals surface area (Å²) in [7, 11) is 2.05. The molecule has 0 aliphatic rings. The number of hydrogen-bond acceptors (Lipinski definition) is 3. The largest absolute Gasteiger partial charge is 0.395 e. The zero-order valence-corrected chi connectivity index (χ0v) is 8.52. The third kappa shape index (κ3) is 5.53.